The maximum absolute atomic E-state index is 10.4. The molecular formula is C22H34N4O2. The highest BCUT2D eigenvalue weighted by Gasteiger charge is 2.20. The number of rotatable bonds is 10. The zero-order valence-corrected chi connectivity index (χ0v) is 17.2. The zero-order chi connectivity index (χ0) is 19.8. The predicted octanol–water partition coefficient (Wildman–Crippen LogP) is 2.71. The maximum atomic E-state index is 10.4. The van der Waals surface area contributed by atoms with Crippen molar-refractivity contribution in [3.8, 4) is 5.75 Å². The number of para-hydroxylation sites is 1. The standard InChI is InChI=1S/C22H34N4O2/c1-25-13-12-24-22(25)15-23-14-18-8-6-7-11-21(18)28-17-20(27)16-26(2)19-9-4-3-5-10-19/h6-8,11-13,19-20,23,27H,3-5,9-10,14-17H2,1-2H3. The summed E-state index contributed by atoms with van der Waals surface area (Å²) in [6.07, 6.45) is 9.71. The molecule has 3 rings (SSSR count). The Morgan fingerprint density at radius 1 is 1.25 bits per heavy atom. The number of aliphatic hydroxyl groups excluding tert-OH is 1. The van der Waals surface area contributed by atoms with Crippen LogP contribution >= 0.6 is 0 Å². The van der Waals surface area contributed by atoms with E-state index in [-0.39, 0.29) is 0 Å². The first-order chi connectivity index (χ1) is 13.6. The first kappa shape index (κ1) is 20.8. The fourth-order valence-electron chi connectivity index (χ4n) is 3.91. The van der Waals surface area contributed by atoms with Crippen LogP contribution in [0, 0.1) is 0 Å². The molecule has 0 amide bonds. The van der Waals surface area contributed by atoms with E-state index in [4.69, 9.17) is 4.74 Å². The third-order valence-electron chi connectivity index (χ3n) is 5.62. The molecule has 28 heavy (non-hydrogen) atoms. The van der Waals surface area contributed by atoms with Gasteiger partial charge in [0.2, 0.25) is 0 Å². The lowest BCUT2D eigenvalue weighted by Crippen LogP contribution is -2.40. The number of nitrogens with one attached hydrogen (secondary N) is 1. The van der Waals surface area contributed by atoms with Crippen molar-refractivity contribution in [2.75, 3.05) is 20.2 Å². The van der Waals surface area contributed by atoms with Gasteiger partial charge in [0.1, 0.15) is 24.3 Å². The summed E-state index contributed by atoms with van der Waals surface area (Å²) in [5.41, 5.74) is 1.09. The van der Waals surface area contributed by atoms with E-state index < -0.39 is 6.10 Å². The van der Waals surface area contributed by atoms with Gasteiger partial charge < -0.3 is 24.6 Å². The van der Waals surface area contributed by atoms with E-state index in [1.54, 1.807) is 6.20 Å². The van der Waals surface area contributed by atoms with Crippen molar-refractivity contribution in [1.29, 1.82) is 0 Å². The summed E-state index contributed by atoms with van der Waals surface area (Å²) in [6, 6.07) is 8.61. The van der Waals surface area contributed by atoms with Crippen LogP contribution in [0.2, 0.25) is 0 Å². The number of hydrogen-bond acceptors (Lipinski definition) is 5. The molecule has 1 atom stereocenters. The second-order valence-corrected chi connectivity index (χ2v) is 7.86. The number of aromatic nitrogens is 2. The molecule has 6 heteroatoms. The average Bonchev–Trinajstić information content (AvgIpc) is 3.12. The van der Waals surface area contributed by atoms with Gasteiger partial charge in [-0.2, -0.15) is 0 Å². The number of imidazole rings is 1. The van der Waals surface area contributed by atoms with Crippen LogP contribution < -0.4 is 10.1 Å². The second kappa shape index (κ2) is 10.6. The van der Waals surface area contributed by atoms with Crippen LogP contribution in [0.15, 0.2) is 36.7 Å². The molecule has 6 nitrogen and oxygen atoms in total. The molecular weight excluding hydrogens is 352 g/mol. The molecule has 0 spiro atoms. The molecule has 1 aliphatic rings. The van der Waals surface area contributed by atoms with Gasteiger partial charge in [-0.3, -0.25) is 0 Å². The lowest BCUT2D eigenvalue weighted by Gasteiger charge is -2.32. The van der Waals surface area contributed by atoms with Crippen LogP contribution in [-0.2, 0) is 20.1 Å². The van der Waals surface area contributed by atoms with Gasteiger partial charge in [-0.15, -0.1) is 0 Å². The van der Waals surface area contributed by atoms with Crippen molar-refractivity contribution in [3.05, 3.63) is 48.0 Å². The molecule has 2 aromatic rings. The minimum atomic E-state index is -0.486. The summed E-state index contributed by atoms with van der Waals surface area (Å²) < 4.78 is 7.97. The number of benzene rings is 1. The van der Waals surface area contributed by atoms with Gasteiger partial charge in [0.15, 0.2) is 0 Å². The van der Waals surface area contributed by atoms with Gasteiger partial charge >= 0.3 is 0 Å². The maximum Gasteiger partial charge on any atom is 0.123 e. The van der Waals surface area contributed by atoms with E-state index in [9.17, 15) is 5.11 Å². The lowest BCUT2D eigenvalue weighted by atomic mass is 9.94. The summed E-state index contributed by atoms with van der Waals surface area (Å²) in [7, 11) is 4.11. The van der Waals surface area contributed by atoms with Crippen molar-refractivity contribution >= 4 is 0 Å². The highest BCUT2D eigenvalue weighted by atomic mass is 16.5. The average molecular weight is 387 g/mol. The molecule has 0 aliphatic heterocycles. The van der Waals surface area contributed by atoms with Gasteiger partial charge in [-0.05, 0) is 26.0 Å². The molecule has 1 heterocycles. The Labute approximate surface area is 168 Å². The largest absolute Gasteiger partial charge is 0.491 e. The van der Waals surface area contributed by atoms with Gasteiger partial charge in [0.25, 0.3) is 0 Å². The van der Waals surface area contributed by atoms with Crippen LogP contribution in [0.5, 0.6) is 5.75 Å². The summed E-state index contributed by atoms with van der Waals surface area (Å²) >= 11 is 0. The fraction of sp³-hybridized carbons (Fsp3) is 0.591. The third kappa shape index (κ3) is 6.06. The van der Waals surface area contributed by atoms with Gasteiger partial charge in [-0.25, -0.2) is 4.98 Å². The Morgan fingerprint density at radius 3 is 2.79 bits per heavy atom. The van der Waals surface area contributed by atoms with Crippen molar-refractivity contribution in [2.24, 2.45) is 7.05 Å². The van der Waals surface area contributed by atoms with E-state index in [1.165, 1.54) is 32.1 Å². The first-order valence-corrected chi connectivity index (χ1v) is 10.4. The van der Waals surface area contributed by atoms with Crippen molar-refractivity contribution in [1.82, 2.24) is 19.8 Å². The van der Waals surface area contributed by atoms with E-state index in [2.05, 4.69) is 28.3 Å². The van der Waals surface area contributed by atoms with Gasteiger partial charge in [0, 0.05) is 44.1 Å². The van der Waals surface area contributed by atoms with Crippen LogP contribution in [0.1, 0.15) is 43.5 Å². The number of aliphatic hydroxyl groups is 1. The van der Waals surface area contributed by atoms with Crippen LogP contribution in [0.4, 0.5) is 0 Å². The van der Waals surface area contributed by atoms with Crippen LogP contribution in [-0.4, -0.2) is 51.9 Å². The van der Waals surface area contributed by atoms with Crippen molar-refractivity contribution in [2.45, 2.75) is 57.3 Å². The van der Waals surface area contributed by atoms with Gasteiger partial charge in [0.05, 0.1) is 6.54 Å². The SMILES string of the molecule is CN(CC(O)COc1ccccc1CNCc1nccn1C)C1CCCCC1. The lowest BCUT2D eigenvalue weighted by molar-refractivity contribution is 0.0558. The molecule has 0 radical (unpaired) electrons. The number of ether oxygens (including phenoxy) is 1. The summed E-state index contributed by atoms with van der Waals surface area (Å²) in [5, 5.41) is 13.9. The van der Waals surface area contributed by atoms with Gasteiger partial charge in [-0.1, -0.05) is 37.5 Å². The smallest absolute Gasteiger partial charge is 0.123 e. The molecule has 2 N–H and O–H groups in total. The number of aryl methyl sites for hydroxylation is 1. The minimum Gasteiger partial charge on any atom is -0.491 e. The fourth-order valence-corrected chi connectivity index (χ4v) is 3.91. The quantitative estimate of drug-likeness (QED) is 0.657. The summed E-state index contributed by atoms with van der Waals surface area (Å²) in [5.74, 6) is 1.83. The predicted molar refractivity (Wildman–Crippen MR) is 111 cm³/mol. The Bertz CT molecular complexity index is 712. The zero-order valence-electron chi connectivity index (χ0n) is 17.2. The Morgan fingerprint density at radius 2 is 2.04 bits per heavy atom. The second-order valence-electron chi connectivity index (χ2n) is 7.86. The number of likely N-dealkylation sites (N-methyl/N-ethyl adjacent to an activating group) is 1. The molecule has 1 aliphatic carbocycles. The van der Waals surface area contributed by atoms with Crippen molar-refractivity contribution < 1.29 is 9.84 Å². The van der Waals surface area contributed by atoms with Crippen LogP contribution in [0.25, 0.3) is 0 Å². The monoisotopic (exact) mass is 386 g/mol. The topological polar surface area (TPSA) is 62.6 Å². The Kier molecular flexibility index (Phi) is 7.89. The molecule has 1 unspecified atom stereocenters. The normalized spacial score (nSPS) is 16.4. The number of nitrogens with zero attached hydrogens (tertiary/aromatic N) is 3. The minimum absolute atomic E-state index is 0.313. The molecule has 1 aromatic carbocycles. The summed E-state index contributed by atoms with van der Waals surface area (Å²) in [4.78, 5) is 6.63. The third-order valence-corrected chi connectivity index (χ3v) is 5.62. The van der Waals surface area contributed by atoms with Crippen molar-refractivity contribution in [3.63, 3.8) is 0 Å². The van der Waals surface area contributed by atoms with Crippen LogP contribution in [0.3, 0.4) is 0 Å². The molecule has 0 bridgehead atoms. The highest BCUT2D eigenvalue weighted by molar-refractivity contribution is 5.33. The molecule has 1 saturated carbocycles. The van der Waals surface area contributed by atoms with E-state index in [1.807, 2.05) is 36.0 Å². The first-order valence-electron chi connectivity index (χ1n) is 10.4. The summed E-state index contributed by atoms with van der Waals surface area (Å²) in [6.45, 7) is 2.37. The van der Waals surface area contributed by atoms with E-state index in [0.29, 0.717) is 32.3 Å². The highest BCUT2D eigenvalue weighted by Crippen LogP contribution is 2.22. The molecule has 1 fully saturated rings. The Balaban J connectivity index is 1.45. The van der Waals surface area contributed by atoms with E-state index in [0.717, 1.165) is 17.1 Å². The molecule has 0 saturated heterocycles. The van der Waals surface area contributed by atoms with E-state index >= 15 is 0 Å². The Hall–Kier alpha value is -1.89. The number of hydrogen-bond donors (Lipinski definition) is 2. The molecule has 1 aromatic heterocycles. The molecule has 154 valence electrons.